The molecule has 0 radical (unpaired) electrons. The lowest BCUT2D eigenvalue weighted by molar-refractivity contribution is 0.513. The van der Waals surface area contributed by atoms with Crippen LogP contribution in [0.5, 0.6) is 0 Å². The fraction of sp³-hybridized carbons (Fsp3) is 0.231. The first-order valence-electron chi connectivity index (χ1n) is 5.73. The zero-order chi connectivity index (χ0) is 13.0. The summed E-state index contributed by atoms with van der Waals surface area (Å²) in [5.74, 6) is 5.24. The summed E-state index contributed by atoms with van der Waals surface area (Å²) in [5, 5.41) is 4.14. The number of nitrogens with two attached hydrogens (primary N) is 2. The molecule has 5 heteroatoms. The van der Waals surface area contributed by atoms with Crippen LogP contribution in [0.2, 0.25) is 0 Å². The Morgan fingerprint density at radius 2 is 2.17 bits per heavy atom. The molecule has 1 heterocycles. The number of benzene rings is 1. The normalized spacial score (nSPS) is 12.6. The SMILES string of the molecule is NNC(CCc1ccsc1)c1cc(F)ccc1N. The summed E-state index contributed by atoms with van der Waals surface area (Å²) < 4.78 is 13.2. The van der Waals surface area contributed by atoms with Gasteiger partial charge in [-0.25, -0.2) is 4.39 Å². The Labute approximate surface area is 110 Å². The van der Waals surface area contributed by atoms with E-state index in [1.54, 1.807) is 17.4 Å². The number of nitrogen functional groups attached to an aromatic ring is 1. The standard InChI is InChI=1S/C13H16FN3S/c14-10-2-3-12(15)11(7-10)13(17-16)4-1-9-5-6-18-8-9/h2-3,5-8,13,17H,1,4,15-16H2. The van der Waals surface area contributed by atoms with E-state index in [2.05, 4.69) is 16.9 Å². The zero-order valence-corrected chi connectivity index (χ0v) is 10.7. The molecule has 0 saturated carbocycles. The molecule has 1 aromatic heterocycles. The molecule has 1 atom stereocenters. The third kappa shape index (κ3) is 3.07. The second kappa shape index (κ2) is 5.95. The highest BCUT2D eigenvalue weighted by atomic mass is 32.1. The lowest BCUT2D eigenvalue weighted by Crippen LogP contribution is -2.29. The topological polar surface area (TPSA) is 64.1 Å². The smallest absolute Gasteiger partial charge is 0.123 e. The summed E-state index contributed by atoms with van der Waals surface area (Å²) in [6.07, 6.45) is 1.66. The quantitative estimate of drug-likeness (QED) is 0.442. The van der Waals surface area contributed by atoms with Crippen LogP contribution in [0.4, 0.5) is 10.1 Å². The summed E-state index contributed by atoms with van der Waals surface area (Å²) in [7, 11) is 0. The molecular formula is C13H16FN3S. The number of nitrogens with one attached hydrogen (secondary N) is 1. The Balaban J connectivity index is 2.10. The number of aryl methyl sites for hydroxylation is 1. The Morgan fingerprint density at radius 3 is 2.83 bits per heavy atom. The Morgan fingerprint density at radius 1 is 1.33 bits per heavy atom. The first-order valence-corrected chi connectivity index (χ1v) is 6.67. The molecule has 0 spiro atoms. The molecule has 3 nitrogen and oxygen atoms in total. The summed E-state index contributed by atoms with van der Waals surface area (Å²) in [5.41, 5.74) is 11.1. The molecule has 0 fully saturated rings. The van der Waals surface area contributed by atoms with Crippen LogP contribution >= 0.6 is 11.3 Å². The third-order valence-corrected chi connectivity index (χ3v) is 3.66. The minimum absolute atomic E-state index is 0.138. The fourth-order valence-electron chi connectivity index (χ4n) is 1.92. The first-order chi connectivity index (χ1) is 8.70. The molecule has 0 aliphatic heterocycles. The lowest BCUT2D eigenvalue weighted by Gasteiger charge is -2.18. The van der Waals surface area contributed by atoms with Gasteiger partial charge < -0.3 is 5.73 Å². The van der Waals surface area contributed by atoms with Gasteiger partial charge in [-0.3, -0.25) is 11.3 Å². The third-order valence-electron chi connectivity index (χ3n) is 2.93. The molecule has 1 aromatic carbocycles. The van der Waals surface area contributed by atoms with Crippen molar-refractivity contribution in [2.75, 3.05) is 5.73 Å². The Kier molecular flexibility index (Phi) is 4.30. The maximum atomic E-state index is 13.2. The zero-order valence-electron chi connectivity index (χ0n) is 9.90. The van der Waals surface area contributed by atoms with Crippen LogP contribution in [0.15, 0.2) is 35.0 Å². The molecule has 2 aromatic rings. The largest absolute Gasteiger partial charge is 0.398 e. The number of thiophene rings is 1. The highest BCUT2D eigenvalue weighted by Crippen LogP contribution is 2.25. The van der Waals surface area contributed by atoms with E-state index < -0.39 is 0 Å². The highest BCUT2D eigenvalue weighted by Gasteiger charge is 2.13. The van der Waals surface area contributed by atoms with Gasteiger partial charge in [0.1, 0.15) is 5.82 Å². The molecular weight excluding hydrogens is 249 g/mol. The van der Waals surface area contributed by atoms with E-state index in [4.69, 9.17) is 11.6 Å². The second-order valence-electron chi connectivity index (χ2n) is 4.16. The van der Waals surface area contributed by atoms with Gasteiger partial charge in [0.2, 0.25) is 0 Å². The number of rotatable bonds is 5. The maximum Gasteiger partial charge on any atom is 0.123 e. The van der Waals surface area contributed by atoms with Gasteiger partial charge >= 0.3 is 0 Å². The number of hydrogen-bond donors (Lipinski definition) is 3. The van der Waals surface area contributed by atoms with Crippen molar-refractivity contribution in [3.05, 3.63) is 52.0 Å². The summed E-state index contributed by atoms with van der Waals surface area (Å²) in [6.45, 7) is 0. The van der Waals surface area contributed by atoms with Gasteiger partial charge in [0.25, 0.3) is 0 Å². The first kappa shape index (κ1) is 13.0. The van der Waals surface area contributed by atoms with Crippen molar-refractivity contribution >= 4 is 17.0 Å². The van der Waals surface area contributed by atoms with Crippen LogP contribution in [0.25, 0.3) is 0 Å². The van der Waals surface area contributed by atoms with Crippen LogP contribution in [0, 0.1) is 5.82 Å². The number of hydrazine groups is 1. The van der Waals surface area contributed by atoms with E-state index in [1.807, 2.05) is 5.38 Å². The number of halogens is 1. The summed E-state index contributed by atoms with van der Waals surface area (Å²) >= 11 is 1.66. The van der Waals surface area contributed by atoms with Crippen LogP contribution in [-0.2, 0) is 6.42 Å². The van der Waals surface area contributed by atoms with Crippen LogP contribution in [0.1, 0.15) is 23.6 Å². The van der Waals surface area contributed by atoms with E-state index in [0.717, 1.165) is 12.8 Å². The monoisotopic (exact) mass is 265 g/mol. The molecule has 0 aliphatic rings. The molecule has 5 N–H and O–H groups in total. The van der Waals surface area contributed by atoms with Crippen molar-refractivity contribution in [1.82, 2.24) is 5.43 Å². The molecule has 18 heavy (non-hydrogen) atoms. The summed E-state index contributed by atoms with van der Waals surface area (Å²) in [6, 6.07) is 6.30. The van der Waals surface area contributed by atoms with Crippen LogP contribution < -0.4 is 17.0 Å². The molecule has 1 unspecified atom stereocenters. The van der Waals surface area contributed by atoms with Crippen molar-refractivity contribution in [1.29, 1.82) is 0 Å². The van der Waals surface area contributed by atoms with Crippen LogP contribution in [0.3, 0.4) is 0 Å². The van der Waals surface area contributed by atoms with Gasteiger partial charge in [0, 0.05) is 11.7 Å². The molecule has 96 valence electrons. The van der Waals surface area contributed by atoms with Gasteiger partial charge in [-0.2, -0.15) is 11.3 Å². The number of anilines is 1. The van der Waals surface area contributed by atoms with E-state index >= 15 is 0 Å². The van der Waals surface area contributed by atoms with Crippen molar-refractivity contribution in [2.45, 2.75) is 18.9 Å². The fourth-order valence-corrected chi connectivity index (χ4v) is 2.63. The van der Waals surface area contributed by atoms with Gasteiger partial charge in [0.15, 0.2) is 0 Å². The van der Waals surface area contributed by atoms with Crippen molar-refractivity contribution < 1.29 is 4.39 Å². The Bertz CT molecular complexity index is 499. The predicted octanol–water partition coefficient (Wildman–Crippen LogP) is 2.61. The van der Waals surface area contributed by atoms with Gasteiger partial charge in [-0.15, -0.1) is 0 Å². The lowest BCUT2D eigenvalue weighted by atomic mass is 9.99. The van der Waals surface area contributed by atoms with Gasteiger partial charge in [-0.1, -0.05) is 0 Å². The van der Waals surface area contributed by atoms with E-state index in [-0.39, 0.29) is 11.9 Å². The predicted molar refractivity (Wildman–Crippen MR) is 73.5 cm³/mol. The molecule has 0 saturated heterocycles. The highest BCUT2D eigenvalue weighted by molar-refractivity contribution is 7.07. The average molecular weight is 265 g/mol. The second-order valence-corrected chi connectivity index (χ2v) is 4.94. The maximum absolute atomic E-state index is 13.2. The minimum atomic E-state index is -0.296. The summed E-state index contributed by atoms with van der Waals surface area (Å²) in [4.78, 5) is 0. The van der Waals surface area contributed by atoms with E-state index in [1.165, 1.54) is 17.7 Å². The van der Waals surface area contributed by atoms with Gasteiger partial charge in [-0.05, 0) is 59.0 Å². The van der Waals surface area contributed by atoms with Crippen molar-refractivity contribution in [3.8, 4) is 0 Å². The molecule has 0 amide bonds. The molecule has 2 rings (SSSR count). The number of hydrogen-bond acceptors (Lipinski definition) is 4. The van der Waals surface area contributed by atoms with E-state index in [0.29, 0.717) is 11.3 Å². The Hall–Kier alpha value is -1.43. The van der Waals surface area contributed by atoms with Crippen molar-refractivity contribution in [3.63, 3.8) is 0 Å². The van der Waals surface area contributed by atoms with Crippen molar-refractivity contribution in [2.24, 2.45) is 5.84 Å². The molecule has 0 bridgehead atoms. The minimum Gasteiger partial charge on any atom is -0.398 e. The average Bonchev–Trinajstić information content (AvgIpc) is 2.87. The molecule has 0 aliphatic carbocycles. The van der Waals surface area contributed by atoms with Gasteiger partial charge in [0.05, 0.1) is 0 Å². The van der Waals surface area contributed by atoms with Crippen LogP contribution in [-0.4, -0.2) is 0 Å². The van der Waals surface area contributed by atoms with E-state index in [9.17, 15) is 4.39 Å².